The smallest absolute Gasteiger partial charge is 0.307 e. The second kappa shape index (κ2) is 8.69. The molecule has 0 aromatic rings. The highest BCUT2D eigenvalue weighted by molar-refractivity contribution is 5.66. The largest absolute Gasteiger partial charge is 0.435 e. The van der Waals surface area contributed by atoms with Crippen LogP contribution in [0.2, 0.25) is 0 Å². The summed E-state index contributed by atoms with van der Waals surface area (Å²) in [7, 11) is 0. The van der Waals surface area contributed by atoms with E-state index < -0.39 is 0 Å². The van der Waals surface area contributed by atoms with Crippen molar-refractivity contribution >= 4 is 5.97 Å². The summed E-state index contributed by atoms with van der Waals surface area (Å²) in [4.78, 5) is 9.75. The lowest BCUT2D eigenvalue weighted by molar-refractivity contribution is -0.135. The van der Waals surface area contributed by atoms with Crippen molar-refractivity contribution in [1.82, 2.24) is 0 Å². The van der Waals surface area contributed by atoms with E-state index in [0.717, 1.165) is 11.8 Å². The van der Waals surface area contributed by atoms with Gasteiger partial charge in [-0.3, -0.25) is 4.79 Å². The second-order valence-corrected chi connectivity index (χ2v) is 1.83. The maximum Gasteiger partial charge on any atom is 0.307 e. The zero-order valence-corrected chi connectivity index (χ0v) is 7.09. The zero-order valence-electron chi connectivity index (χ0n) is 7.09. The van der Waals surface area contributed by atoms with Gasteiger partial charge in [0, 0.05) is 6.92 Å². The number of allylic oxidation sites excluding steroid dienone is 2. The number of esters is 1. The number of carbonyl (C=O) groups is 1. The topological polar surface area (TPSA) is 26.3 Å². The van der Waals surface area contributed by atoms with E-state index in [1.54, 1.807) is 6.08 Å². The lowest BCUT2D eigenvalue weighted by Gasteiger charge is -1.83. The Morgan fingerprint density at radius 1 is 1.36 bits per heavy atom. The molecule has 0 aromatic heterocycles. The first-order valence-corrected chi connectivity index (χ1v) is 3.10. The van der Waals surface area contributed by atoms with Crippen LogP contribution in [-0.2, 0) is 9.53 Å². The van der Waals surface area contributed by atoms with Crippen LogP contribution >= 0.6 is 0 Å². The molecule has 2 heteroatoms. The van der Waals surface area contributed by atoms with Crippen molar-refractivity contribution in [1.29, 1.82) is 0 Å². The van der Waals surface area contributed by atoms with Gasteiger partial charge in [0.25, 0.3) is 0 Å². The molecule has 2 nitrogen and oxygen atoms in total. The molecular formula is C9H14O2. The minimum Gasteiger partial charge on any atom is -0.435 e. The predicted molar refractivity (Wildman–Crippen MR) is 47.0 cm³/mol. The number of ether oxygens (including phenoxy) is 1. The molecule has 0 saturated carbocycles. The van der Waals surface area contributed by atoms with Gasteiger partial charge in [-0.25, -0.2) is 0 Å². The van der Waals surface area contributed by atoms with Crippen LogP contribution in [0.1, 0.15) is 13.8 Å². The molecule has 0 heterocycles. The highest BCUT2D eigenvalue weighted by atomic mass is 16.5. The molecule has 0 spiro atoms. The van der Waals surface area contributed by atoms with E-state index in [1.165, 1.54) is 6.92 Å². The van der Waals surface area contributed by atoms with Gasteiger partial charge in [0.15, 0.2) is 0 Å². The fourth-order valence-corrected chi connectivity index (χ4v) is 0.117. The first kappa shape index (κ1) is 12.4. The van der Waals surface area contributed by atoms with Crippen molar-refractivity contribution in [3.63, 3.8) is 0 Å². The van der Waals surface area contributed by atoms with Crippen LogP contribution < -0.4 is 0 Å². The molecule has 11 heavy (non-hydrogen) atoms. The van der Waals surface area contributed by atoms with Crippen molar-refractivity contribution in [2.75, 3.05) is 0 Å². The Balaban J connectivity index is 0. The molecule has 62 valence electrons. The van der Waals surface area contributed by atoms with Gasteiger partial charge in [-0.1, -0.05) is 31.4 Å². The Labute approximate surface area is 67.9 Å². The molecule has 0 bridgehead atoms. The summed E-state index contributed by atoms with van der Waals surface area (Å²) in [6.45, 7) is 13.4. The Bertz CT molecular complexity index is 157. The van der Waals surface area contributed by atoms with Crippen molar-refractivity contribution < 1.29 is 9.53 Å². The average molecular weight is 154 g/mol. The highest BCUT2D eigenvalue weighted by Crippen LogP contribution is 1.81. The summed E-state index contributed by atoms with van der Waals surface area (Å²) >= 11 is 0. The quantitative estimate of drug-likeness (QED) is 0.347. The Kier molecular flexibility index (Phi) is 9.78. The monoisotopic (exact) mass is 154 g/mol. The second-order valence-electron chi connectivity index (χ2n) is 1.83. The van der Waals surface area contributed by atoms with Crippen LogP contribution in [0.25, 0.3) is 0 Å². The zero-order chi connectivity index (χ0) is 9.28. The van der Waals surface area contributed by atoms with Crippen LogP contribution in [0.15, 0.2) is 37.6 Å². The molecule has 0 N–H and O–H groups in total. The minimum atomic E-state index is -0.329. The van der Waals surface area contributed by atoms with Crippen molar-refractivity contribution in [2.24, 2.45) is 0 Å². The molecule has 0 saturated heterocycles. The first-order chi connectivity index (χ1) is 5.04. The van der Waals surface area contributed by atoms with Crippen molar-refractivity contribution in [2.45, 2.75) is 13.8 Å². The molecule has 0 aliphatic rings. The third-order valence-corrected chi connectivity index (χ3v) is 0.598. The standard InChI is InChI=1S/C5H8.C4H6O2/c1-4-5(2)3;1-3-6-4(2)5/h4H,1-2H2,3H3;3H,1H2,2H3. The molecule has 0 atom stereocenters. The van der Waals surface area contributed by atoms with E-state index in [1.807, 2.05) is 6.92 Å². The summed E-state index contributed by atoms with van der Waals surface area (Å²) in [6, 6.07) is 0. The molecule has 0 rings (SSSR count). The first-order valence-electron chi connectivity index (χ1n) is 3.10. The molecular weight excluding hydrogens is 140 g/mol. The normalized spacial score (nSPS) is 6.73. The third kappa shape index (κ3) is 28.6. The average Bonchev–Trinajstić information content (AvgIpc) is 1.89. The highest BCUT2D eigenvalue weighted by Gasteiger charge is 1.79. The fraction of sp³-hybridized carbons (Fsp3) is 0.222. The van der Waals surface area contributed by atoms with Gasteiger partial charge in [-0.2, -0.15) is 0 Å². The summed E-state index contributed by atoms with van der Waals surface area (Å²) in [6.07, 6.45) is 2.82. The summed E-state index contributed by atoms with van der Waals surface area (Å²) in [5.41, 5.74) is 1.02. The van der Waals surface area contributed by atoms with Crippen LogP contribution in [0.3, 0.4) is 0 Å². The van der Waals surface area contributed by atoms with E-state index in [0.29, 0.717) is 0 Å². The SMILES string of the molecule is C=CC(=C)C.C=COC(C)=O. The lowest BCUT2D eigenvalue weighted by atomic mass is 10.4. The Morgan fingerprint density at radius 2 is 1.73 bits per heavy atom. The van der Waals surface area contributed by atoms with Crippen molar-refractivity contribution in [3.05, 3.63) is 37.6 Å². The van der Waals surface area contributed by atoms with Gasteiger partial charge in [-0.15, -0.1) is 0 Å². The number of hydrogen-bond donors (Lipinski definition) is 0. The van der Waals surface area contributed by atoms with Crippen LogP contribution in [0, 0.1) is 0 Å². The van der Waals surface area contributed by atoms with Gasteiger partial charge in [-0.05, 0) is 6.92 Å². The maximum atomic E-state index is 9.75. The Morgan fingerprint density at radius 3 is 1.73 bits per heavy atom. The van der Waals surface area contributed by atoms with E-state index >= 15 is 0 Å². The van der Waals surface area contributed by atoms with Gasteiger partial charge < -0.3 is 4.74 Å². The van der Waals surface area contributed by atoms with Crippen LogP contribution in [0.5, 0.6) is 0 Å². The fourth-order valence-electron chi connectivity index (χ4n) is 0.117. The van der Waals surface area contributed by atoms with E-state index in [4.69, 9.17) is 0 Å². The van der Waals surface area contributed by atoms with Crippen molar-refractivity contribution in [3.8, 4) is 0 Å². The number of rotatable bonds is 2. The summed E-state index contributed by atoms with van der Waals surface area (Å²) in [5, 5.41) is 0. The van der Waals surface area contributed by atoms with Gasteiger partial charge in [0.2, 0.25) is 0 Å². The maximum absolute atomic E-state index is 9.75. The van der Waals surface area contributed by atoms with Crippen LogP contribution in [-0.4, -0.2) is 5.97 Å². The molecule has 0 amide bonds. The molecule has 0 fully saturated rings. The van der Waals surface area contributed by atoms with Gasteiger partial charge in [0.1, 0.15) is 0 Å². The van der Waals surface area contributed by atoms with Crippen LogP contribution in [0.4, 0.5) is 0 Å². The molecule has 0 aliphatic carbocycles. The minimum absolute atomic E-state index is 0.329. The van der Waals surface area contributed by atoms with Gasteiger partial charge >= 0.3 is 5.97 Å². The summed E-state index contributed by atoms with van der Waals surface area (Å²) < 4.78 is 4.17. The molecule has 0 radical (unpaired) electrons. The predicted octanol–water partition coefficient (Wildman–Crippen LogP) is 2.44. The van der Waals surface area contributed by atoms with E-state index in [2.05, 4.69) is 24.5 Å². The molecule has 0 aliphatic heterocycles. The number of hydrogen-bond acceptors (Lipinski definition) is 2. The molecule has 0 unspecified atom stereocenters. The molecule has 0 aromatic carbocycles. The number of carbonyl (C=O) groups excluding carboxylic acids is 1. The van der Waals surface area contributed by atoms with E-state index in [-0.39, 0.29) is 5.97 Å². The third-order valence-electron chi connectivity index (χ3n) is 0.598. The van der Waals surface area contributed by atoms with E-state index in [9.17, 15) is 4.79 Å². The van der Waals surface area contributed by atoms with Gasteiger partial charge in [0.05, 0.1) is 6.26 Å². The summed E-state index contributed by atoms with van der Waals surface area (Å²) in [5.74, 6) is -0.329. The lowest BCUT2D eigenvalue weighted by Crippen LogP contribution is -1.87. The Hall–Kier alpha value is -1.31.